The molecule has 6 heteroatoms. The lowest BCUT2D eigenvalue weighted by atomic mass is 9.98. The van der Waals surface area contributed by atoms with Gasteiger partial charge in [-0.3, -0.25) is 14.9 Å². The molecule has 0 saturated carbocycles. The van der Waals surface area contributed by atoms with E-state index in [1.54, 1.807) is 0 Å². The number of carbonyl (C=O) groups excluding carboxylic acids is 1. The third-order valence-corrected chi connectivity index (χ3v) is 3.55. The molecule has 116 valence electrons. The predicted molar refractivity (Wildman–Crippen MR) is 83.6 cm³/mol. The Morgan fingerprint density at radius 2 is 2.00 bits per heavy atom. The van der Waals surface area contributed by atoms with Gasteiger partial charge >= 0.3 is 0 Å². The fraction of sp³-hybridized carbons (Fsp3) is 0.533. The minimum Gasteiger partial charge on any atom is -0.379 e. The van der Waals surface area contributed by atoms with E-state index in [9.17, 15) is 14.9 Å². The lowest BCUT2D eigenvalue weighted by molar-refractivity contribution is -0.384. The SMILES string of the molecule is CCNC(=O)c1ccc([N+](=O)[O-])c(NCC(C)C(C)C)c1. The third kappa shape index (κ3) is 4.73. The summed E-state index contributed by atoms with van der Waals surface area (Å²) in [7, 11) is 0. The number of nitrogens with one attached hydrogen (secondary N) is 2. The molecule has 0 radical (unpaired) electrons. The predicted octanol–water partition coefficient (Wildman–Crippen LogP) is 3.05. The summed E-state index contributed by atoms with van der Waals surface area (Å²) >= 11 is 0. The molecule has 0 heterocycles. The minimum absolute atomic E-state index is 0.0148. The molecule has 2 N–H and O–H groups in total. The van der Waals surface area contributed by atoms with Gasteiger partial charge in [-0.15, -0.1) is 0 Å². The molecule has 1 aromatic rings. The highest BCUT2D eigenvalue weighted by Gasteiger charge is 2.17. The van der Waals surface area contributed by atoms with Crippen LogP contribution in [0, 0.1) is 22.0 Å². The van der Waals surface area contributed by atoms with Crippen molar-refractivity contribution in [2.45, 2.75) is 27.7 Å². The number of benzene rings is 1. The Balaban J connectivity index is 2.99. The standard InChI is InChI=1S/C15H23N3O3/c1-5-16-15(19)12-6-7-14(18(20)21)13(8-12)17-9-11(4)10(2)3/h6-8,10-11,17H,5,9H2,1-4H3,(H,16,19). The number of nitro groups is 1. The maximum absolute atomic E-state index is 11.8. The van der Waals surface area contributed by atoms with Gasteiger partial charge in [0.25, 0.3) is 11.6 Å². The van der Waals surface area contributed by atoms with Crippen molar-refractivity contribution < 1.29 is 9.72 Å². The zero-order valence-corrected chi connectivity index (χ0v) is 13.0. The normalized spacial score (nSPS) is 12.0. The molecule has 0 spiro atoms. The molecular formula is C15H23N3O3. The zero-order chi connectivity index (χ0) is 16.0. The van der Waals surface area contributed by atoms with Crippen molar-refractivity contribution >= 4 is 17.3 Å². The fourth-order valence-corrected chi connectivity index (χ4v) is 1.75. The van der Waals surface area contributed by atoms with Crippen LogP contribution in [-0.4, -0.2) is 23.9 Å². The molecule has 0 fully saturated rings. The van der Waals surface area contributed by atoms with E-state index < -0.39 is 4.92 Å². The maximum Gasteiger partial charge on any atom is 0.292 e. The van der Waals surface area contributed by atoms with Gasteiger partial charge < -0.3 is 10.6 Å². The molecule has 6 nitrogen and oxygen atoms in total. The van der Waals surface area contributed by atoms with Gasteiger partial charge in [-0.05, 0) is 30.9 Å². The monoisotopic (exact) mass is 293 g/mol. The van der Waals surface area contributed by atoms with E-state index in [4.69, 9.17) is 0 Å². The van der Waals surface area contributed by atoms with Crippen LogP contribution in [0.25, 0.3) is 0 Å². The summed E-state index contributed by atoms with van der Waals surface area (Å²) in [6.45, 7) is 9.25. The molecule has 0 aliphatic carbocycles. The number of hydrogen-bond acceptors (Lipinski definition) is 4. The van der Waals surface area contributed by atoms with Crippen molar-refractivity contribution in [3.63, 3.8) is 0 Å². The van der Waals surface area contributed by atoms with Crippen LogP contribution < -0.4 is 10.6 Å². The van der Waals surface area contributed by atoms with Gasteiger partial charge in [-0.2, -0.15) is 0 Å². The molecule has 0 aliphatic heterocycles. The second-order valence-electron chi connectivity index (χ2n) is 5.45. The summed E-state index contributed by atoms with van der Waals surface area (Å²) in [6.07, 6.45) is 0. The fourth-order valence-electron chi connectivity index (χ4n) is 1.75. The lowest BCUT2D eigenvalue weighted by Gasteiger charge is -2.17. The average molecular weight is 293 g/mol. The first-order valence-electron chi connectivity index (χ1n) is 7.17. The average Bonchev–Trinajstić information content (AvgIpc) is 2.44. The van der Waals surface area contributed by atoms with E-state index in [0.29, 0.717) is 36.2 Å². The van der Waals surface area contributed by atoms with Gasteiger partial charge in [0.15, 0.2) is 0 Å². The maximum atomic E-state index is 11.8. The highest BCUT2D eigenvalue weighted by Crippen LogP contribution is 2.26. The molecule has 0 saturated heterocycles. The second-order valence-corrected chi connectivity index (χ2v) is 5.45. The summed E-state index contributed by atoms with van der Waals surface area (Å²) in [5, 5.41) is 16.8. The molecule has 1 aromatic carbocycles. The molecular weight excluding hydrogens is 270 g/mol. The first-order valence-corrected chi connectivity index (χ1v) is 7.17. The van der Waals surface area contributed by atoms with E-state index in [0.717, 1.165) is 0 Å². The Bertz CT molecular complexity index is 515. The molecule has 1 unspecified atom stereocenters. The van der Waals surface area contributed by atoms with Crippen LogP contribution in [-0.2, 0) is 0 Å². The van der Waals surface area contributed by atoms with E-state index in [1.165, 1.54) is 18.2 Å². The third-order valence-electron chi connectivity index (χ3n) is 3.55. The van der Waals surface area contributed by atoms with Gasteiger partial charge in [-0.25, -0.2) is 0 Å². The van der Waals surface area contributed by atoms with Crippen LogP contribution >= 0.6 is 0 Å². The second kappa shape index (κ2) is 7.61. The van der Waals surface area contributed by atoms with Gasteiger partial charge in [0, 0.05) is 24.7 Å². The quantitative estimate of drug-likeness (QED) is 0.597. The van der Waals surface area contributed by atoms with E-state index >= 15 is 0 Å². The molecule has 0 aliphatic rings. The van der Waals surface area contributed by atoms with Crippen LogP contribution in [0.15, 0.2) is 18.2 Å². The van der Waals surface area contributed by atoms with Crippen molar-refractivity contribution in [3.8, 4) is 0 Å². The molecule has 1 rings (SSSR count). The molecule has 1 atom stereocenters. The number of carbonyl (C=O) groups is 1. The smallest absolute Gasteiger partial charge is 0.292 e. The number of hydrogen-bond donors (Lipinski definition) is 2. The van der Waals surface area contributed by atoms with Crippen molar-refractivity contribution in [2.24, 2.45) is 11.8 Å². The van der Waals surface area contributed by atoms with E-state index in [2.05, 4.69) is 31.4 Å². The van der Waals surface area contributed by atoms with Crippen molar-refractivity contribution in [1.82, 2.24) is 5.32 Å². The Hall–Kier alpha value is -2.11. The van der Waals surface area contributed by atoms with E-state index in [-0.39, 0.29) is 11.6 Å². The topological polar surface area (TPSA) is 84.3 Å². The highest BCUT2D eigenvalue weighted by molar-refractivity contribution is 5.95. The largest absolute Gasteiger partial charge is 0.379 e. The Labute approximate surface area is 125 Å². The van der Waals surface area contributed by atoms with Crippen LogP contribution in [0.2, 0.25) is 0 Å². The van der Waals surface area contributed by atoms with Crippen LogP contribution in [0.4, 0.5) is 11.4 Å². The van der Waals surface area contributed by atoms with Crippen molar-refractivity contribution in [3.05, 3.63) is 33.9 Å². The van der Waals surface area contributed by atoms with Gasteiger partial charge in [-0.1, -0.05) is 20.8 Å². The summed E-state index contributed by atoms with van der Waals surface area (Å²) < 4.78 is 0. The van der Waals surface area contributed by atoms with Crippen molar-refractivity contribution in [2.75, 3.05) is 18.4 Å². The summed E-state index contributed by atoms with van der Waals surface area (Å²) in [4.78, 5) is 22.4. The Kier molecular flexibility index (Phi) is 6.14. The molecule has 21 heavy (non-hydrogen) atoms. The molecule has 0 aromatic heterocycles. The van der Waals surface area contributed by atoms with Crippen LogP contribution in [0.5, 0.6) is 0 Å². The Morgan fingerprint density at radius 1 is 1.33 bits per heavy atom. The summed E-state index contributed by atoms with van der Waals surface area (Å²) in [5.74, 6) is 0.619. The number of nitrogens with zero attached hydrogens (tertiary/aromatic N) is 1. The van der Waals surface area contributed by atoms with Gasteiger partial charge in [0.05, 0.1) is 4.92 Å². The van der Waals surface area contributed by atoms with E-state index in [1.807, 2.05) is 6.92 Å². The first kappa shape index (κ1) is 16.9. The summed E-state index contributed by atoms with van der Waals surface area (Å²) in [5.41, 5.74) is 0.789. The molecule has 1 amide bonds. The number of amides is 1. The van der Waals surface area contributed by atoms with Gasteiger partial charge in [0.2, 0.25) is 0 Å². The first-order chi connectivity index (χ1) is 9.86. The lowest BCUT2D eigenvalue weighted by Crippen LogP contribution is -2.23. The zero-order valence-electron chi connectivity index (χ0n) is 13.0. The van der Waals surface area contributed by atoms with Crippen LogP contribution in [0.1, 0.15) is 38.1 Å². The highest BCUT2D eigenvalue weighted by atomic mass is 16.6. The van der Waals surface area contributed by atoms with Crippen molar-refractivity contribution in [1.29, 1.82) is 0 Å². The Morgan fingerprint density at radius 3 is 2.52 bits per heavy atom. The number of rotatable bonds is 7. The summed E-state index contributed by atoms with van der Waals surface area (Å²) in [6, 6.07) is 4.38. The van der Waals surface area contributed by atoms with Gasteiger partial charge in [0.1, 0.15) is 5.69 Å². The number of anilines is 1. The van der Waals surface area contributed by atoms with Crippen LogP contribution in [0.3, 0.4) is 0 Å². The minimum atomic E-state index is -0.441. The number of nitro benzene ring substituents is 1. The molecule has 0 bridgehead atoms.